The Bertz CT molecular complexity index is 1350. The highest BCUT2D eigenvalue weighted by Crippen LogP contribution is 2.27. The van der Waals surface area contributed by atoms with Gasteiger partial charge in [-0.3, -0.25) is 9.52 Å². The van der Waals surface area contributed by atoms with E-state index in [1.54, 1.807) is 25.1 Å². The summed E-state index contributed by atoms with van der Waals surface area (Å²) in [5.74, 6) is -1.30. The number of amides is 1. The Kier molecular flexibility index (Phi) is 7.26. The number of carbonyl (C=O) groups is 2. The van der Waals surface area contributed by atoms with Crippen molar-refractivity contribution in [3.63, 3.8) is 0 Å². The van der Waals surface area contributed by atoms with Gasteiger partial charge in [-0.1, -0.05) is 35.3 Å². The lowest BCUT2D eigenvalue weighted by Gasteiger charge is -2.21. The number of halogens is 2. The van der Waals surface area contributed by atoms with E-state index in [0.717, 1.165) is 0 Å². The molecule has 0 unspecified atom stereocenters. The first kappa shape index (κ1) is 24.5. The van der Waals surface area contributed by atoms with Gasteiger partial charge >= 0.3 is 5.97 Å². The van der Waals surface area contributed by atoms with E-state index in [1.807, 2.05) is 0 Å². The van der Waals surface area contributed by atoms with Crippen LogP contribution in [-0.2, 0) is 14.8 Å². The van der Waals surface area contributed by atoms with Crippen LogP contribution < -0.4 is 9.62 Å². The second-order valence-corrected chi connectivity index (χ2v) is 9.47. The number of hydrogen-bond donors (Lipinski definition) is 1. The Morgan fingerprint density at radius 3 is 2.45 bits per heavy atom. The number of rotatable bonds is 6. The monoisotopic (exact) mass is 507 g/mol. The lowest BCUT2D eigenvalue weighted by Crippen LogP contribution is -2.30. The number of anilines is 2. The molecular weight excluding hydrogens is 489 g/mol. The Morgan fingerprint density at radius 1 is 1.09 bits per heavy atom. The third-order valence-corrected chi connectivity index (χ3v) is 6.71. The van der Waals surface area contributed by atoms with Crippen LogP contribution in [0.2, 0.25) is 10.0 Å². The number of methoxy groups -OCH3 is 1. The predicted octanol–water partition coefficient (Wildman–Crippen LogP) is 4.56. The number of pyridine rings is 1. The molecule has 3 rings (SSSR count). The maximum atomic E-state index is 13.3. The summed E-state index contributed by atoms with van der Waals surface area (Å²) in [5.41, 5.74) is 0.648. The second kappa shape index (κ2) is 9.78. The van der Waals surface area contributed by atoms with E-state index in [9.17, 15) is 18.0 Å². The topological polar surface area (TPSA) is 106 Å². The van der Waals surface area contributed by atoms with E-state index in [4.69, 9.17) is 27.9 Å². The molecule has 0 spiro atoms. The van der Waals surface area contributed by atoms with Gasteiger partial charge in [0.25, 0.3) is 15.9 Å². The van der Waals surface area contributed by atoms with Crippen LogP contribution in [0, 0.1) is 6.92 Å². The molecule has 0 atom stereocenters. The van der Waals surface area contributed by atoms with Gasteiger partial charge in [0, 0.05) is 18.3 Å². The average molecular weight is 508 g/mol. The van der Waals surface area contributed by atoms with Crippen molar-refractivity contribution in [2.45, 2.75) is 11.8 Å². The highest BCUT2D eigenvalue weighted by Gasteiger charge is 2.26. The van der Waals surface area contributed by atoms with Gasteiger partial charge in [0.1, 0.15) is 0 Å². The number of para-hydroxylation sites is 1. The van der Waals surface area contributed by atoms with Gasteiger partial charge in [-0.2, -0.15) is 0 Å². The van der Waals surface area contributed by atoms with Crippen molar-refractivity contribution in [2.24, 2.45) is 0 Å². The molecule has 172 valence electrons. The molecule has 2 aromatic carbocycles. The molecular formula is C22H19Cl2N3O5S. The standard InChI is InChI=1S/C22H19Cl2N3O5S/c1-13-10-15(8-9-17(13)24)33(30,31)26-18-11-14(23)12-25-20(18)21(28)27(2)19-7-5-4-6-16(19)22(29)32-3/h4-12,26H,1-3H3. The number of benzene rings is 2. The van der Waals surface area contributed by atoms with Gasteiger partial charge < -0.3 is 9.64 Å². The van der Waals surface area contributed by atoms with E-state index in [0.29, 0.717) is 10.6 Å². The van der Waals surface area contributed by atoms with E-state index >= 15 is 0 Å². The van der Waals surface area contributed by atoms with Crippen LogP contribution in [0.3, 0.4) is 0 Å². The molecule has 1 N–H and O–H groups in total. The number of hydrogen-bond acceptors (Lipinski definition) is 6. The maximum Gasteiger partial charge on any atom is 0.339 e. The highest BCUT2D eigenvalue weighted by atomic mass is 35.5. The summed E-state index contributed by atoms with van der Waals surface area (Å²) < 4.78 is 33.1. The third kappa shape index (κ3) is 5.27. The molecule has 0 saturated carbocycles. The normalized spacial score (nSPS) is 11.1. The molecule has 0 aliphatic carbocycles. The number of aromatic nitrogens is 1. The van der Waals surface area contributed by atoms with Crippen molar-refractivity contribution in [3.05, 3.63) is 81.6 Å². The van der Waals surface area contributed by atoms with Crippen LogP contribution in [0.15, 0.2) is 59.6 Å². The Balaban J connectivity index is 2.02. The molecule has 0 radical (unpaired) electrons. The number of sulfonamides is 1. The first-order valence-corrected chi connectivity index (χ1v) is 11.7. The number of nitrogens with one attached hydrogen (secondary N) is 1. The Labute approximate surface area is 201 Å². The third-order valence-electron chi connectivity index (χ3n) is 4.72. The van der Waals surface area contributed by atoms with Crippen LogP contribution >= 0.6 is 23.2 Å². The zero-order valence-electron chi connectivity index (χ0n) is 17.8. The molecule has 11 heteroatoms. The molecule has 1 aromatic heterocycles. The average Bonchev–Trinajstić information content (AvgIpc) is 2.79. The summed E-state index contributed by atoms with van der Waals surface area (Å²) in [6.45, 7) is 1.67. The molecule has 0 aliphatic rings. The molecule has 0 bridgehead atoms. The molecule has 8 nitrogen and oxygen atoms in total. The predicted molar refractivity (Wildman–Crippen MR) is 127 cm³/mol. The first-order chi connectivity index (χ1) is 15.5. The summed E-state index contributed by atoms with van der Waals surface area (Å²) in [4.78, 5) is 30.6. The van der Waals surface area contributed by atoms with Crippen LogP contribution in [0.5, 0.6) is 0 Å². The highest BCUT2D eigenvalue weighted by molar-refractivity contribution is 7.92. The number of aryl methyl sites for hydroxylation is 1. The van der Waals surface area contributed by atoms with Gasteiger partial charge in [0.05, 0.1) is 34.0 Å². The van der Waals surface area contributed by atoms with Crippen molar-refractivity contribution >= 4 is 56.5 Å². The van der Waals surface area contributed by atoms with Gasteiger partial charge in [-0.25, -0.2) is 18.2 Å². The van der Waals surface area contributed by atoms with Crippen LogP contribution in [0.25, 0.3) is 0 Å². The van der Waals surface area contributed by atoms with Gasteiger partial charge in [0.15, 0.2) is 5.69 Å². The zero-order chi connectivity index (χ0) is 24.3. The minimum atomic E-state index is -4.09. The van der Waals surface area contributed by atoms with Crippen LogP contribution in [0.1, 0.15) is 26.4 Å². The minimum absolute atomic E-state index is 0.0489. The largest absolute Gasteiger partial charge is 0.465 e. The lowest BCUT2D eigenvalue weighted by atomic mass is 10.1. The number of nitrogens with zero attached hydrogens (tertiary/aromatic N) is 2. The summed E-state index contributed by atoms with van der Waals surface area (Å²) >= 11 is 12.0. The smallest absolute Gasteiger partial charge is 0.339 e. The van der Waals surface area contributed by atoms with Crippen LogP contribution in [0.4, 0.5) is 11.4 Å². The Morgan fingerprint density at radius 2 is 1.79 bits per heavy atom. The van der Waals surface area contributed by atoms with Gasteiger partial charge in [0.2, 0.25) is 0 Å². The molecule has 33 heavy (non-hydrogen) atoms. The van der Waals surface area contributed by atoms with E-state index in [2.05, 4.69) is 9.71 Å². The number of esters is 1. The summed E-state index contributed by atoms with van der Waals surface area (Å²) in [6, 6.07) is 11.8. The minimum Gasteiger partial charge on any atom is -0.465 e. The van der Waals surface area contributed by atoms with Crippen molar-refractivity contribution in [1.29, 1.82) is 0 Å². The van der Waals surface area contributed by atoms with Crippen molar-refractivity contribution in [3.8, 4) is 0 Å². The lowest BCUT2D eigenvalue weighted by molar-refractivity contribution is 0.0601. The van der Waals surface area contributed by atoms with Gasteiger partial charge in [-0.15, -0.1) is 0 Å². The molecule has 1 amide bonds. The fraction of sp³-hybridized carbons (Fsp3) is 0.136. The Hall–Kier alpha value is -3.14. The van der Waals surface area contributed by atoms with Crippen molar-refractivity contribution in [1.82, 2.24) is 4.98 Å². The fourth-order valence-corrected chi connectivity index (χ4v) is 4.41. The van der Waals surface area contributed by atoms with Gasteiger partial charge in [-0.05, 0) is 48.9 Å². The second-order valence-electron chi connectivity index (χ2n) is 6.94. The fourth-order valence-electron chi connectivity index (χ4n) is 2.99. The number of ether oxygens (including phenoxy) is 1. The quantitative estimate of drug-likeness (QED) is 0.490. The summed E-state index contributed by atoms with van der Waals surface area (Å²) in [5, 5.41) is 0.536. The summed E-state index contributed by atoms with van der Waals surface area (Å²) in [6.07, 6.45) is 1.22. The zero-order valence-corrected chi connectivity index (χ0v) is 20.1. The SMILES string of the molecule is COC(=O)c1ccccc1N(C)C(=O)c1ncc(Cl)cc1NS(=O)(=O)c1ccc(Cl)c(C)c1. The van der Waals surface area contributed by atoms with E-state index in [-0.39, 0.29) is 32.6 Å². The van der Waals surface area contributed by atoms with E-state index < -0.39 is 21.9 Å². The van der Waals surface area contributed by atoms with E-state index in [1.165, 1.54) is 55.6 Å². The van der Waals surface area contributed by atoms with Crippen LogP contribution in [-0.4, -0.2) is 39.4 Å². The first-order valence-electron chi connectivity index (χ1n) is 9.45. The number of carbonyl (C=O) groups excluding carboxylic acids is 2. The maximum absolute atomic E-state index is 13.3. The molecule has 0 saturated heterocycles. The van der Waals surface area contributed by atoms with Crippen molar-refractivity contribution in [2.75, 3.05) is 23.8 Å². The summed E-state index contributed by atoms with van der Waals surface area (Å²) in [7, 11) is -1.43. The molecule has 0 fully saturated rings. The molecule has 0 aliphatic heterocycles. The molecule has 3 aromatic rings. The molecule has 1 heterocycles. The van der Waals surface area contributed by atoms with Crippen molar-refractivity contribution < 1.29 is 22.7 Å².